The molecule has 0 radical (unpaired) electrons. The second kappa shape index (κ2) is 12.1. The molecule has 0 spiro atoms. The minimum Gasteiger partial charge on any atom is -0.461 e. The van der Waals surface area contributed by atoms with Crippen LogP contribution in [0, 0.1) is 0 Å². The molecular formula is C25H33FN3O9P. The molecule has 39 heavy (non-hydrogen) atoms. The van der Waals surface area contributed by atoms with Crippen molar-refractivity contribution in [1.82, 2.24) is 14.6 Å². The number of para-hydroxylation sites is 1. The van der Waals surface area contributed by atoms with E-state index in [-0.39, 0.29) is 11.9 Å². The Hall–Kier alpha value is -2.83. The summed E-state index contributed by atoms with van der Waals surface area (Å²) in [4.78, 5) is 38.3. The van der Waals surface area contributed by atoms with Crippen molar-refractivity contribution < 1.29 is 37.4 Å². The molecule has 2 aromatic rings. The third kappa shape index (κ3) is 7.03. The third-order valence-electron chi connectivity index (χ3n) is 6.74. The largest absolute Gasteiger partial charge is 0.461 e. The van der Waals surface area contributed by atoms with E-state index in [0.29, 0.717) is 0 Å². The zero-order chi connectivity index (χ0) is 28.2. The monoisotopic (exact) mass is 569 g/mol. The molecule has 6 atom stereocenters. The summed E-state index contributed by atoms with van der Waals surface area (Å²) in [5.41, 5.74) is -4.10. The maximum Gasteiger partial charge on any atom is 0.459 e. The molecular weight excluding hydrogens is 536 g/mol. The van der Waals surface area contributed by atoms with Gasteiger partial charge in [-0.15, -0.1) is 0 Å². The average Bonchev–Trinajstić information content (AvgIpc) is 3.12. The molecule has 12 nitrogen and oxygen atoms in total. The molecule has 2 heterocycles. The number of aliphatic hydroxyl groups excluding tert-OH is 1. The summed E-state index contributed by atoms with van der Waals surface area (Å²) < 4.78 is 52.4. The Kier molecular flexibility index (Phi) is 9.07. The normalized spacial score (nSPS) is 27.9. The second-order valence-electron chi connectivity index (χ2n) is 9.89. The lowest BCUT2D eigenvalue weighted by Gasteiger charge is -2.27. The van der Waals surface area contributed by atoms with Crippen molar-refractivity contribution >= 4 is 13.7 Å². The number of alkyl halides is 1. The highest BCUT2D eigenvalue weighted by atomic mass is 31.2. The molecule has 2 unspecified atom stereocenters. The number of rotatable bonds is 10. The first kappa shape index (κ1) is 29.2. The van der Waals surface area contributed by atoms with Crippen LogP contribution >= 0.6 is 7.75 Å². The molecule has 1 aliphatic carbocycles. The van der Waals surface area contributed by atoms with Crippen molar-refractivity contribution in [3.05, 3.63) is 63.4 Å². The van der Waals surface area contributed by atoms with E-state index >= 15 is 4.39 Å². The number of nitrogens with zero attached hydrogens (tertiary/aromatic N) is 1. The zero-order valence-corrected chi connectivity index (χ0v) is 22.6. The first-order chi connectivity index (χ1) is 18.5. The van der Waals surface area contributed by atoms with Crippen LogP contribution in [-0.2, 0) is 23.4 Å². The molecule has 214 valence electrons. The lowest BCUT2D eigenvalue weighted by molar-refractivity contribution is -0.152. The number of carbonyl (C=O) groups is 1. The summed E-state index contributed by atoms with van der Waals surface area (Å²) in [7, 11) is -4.31. The van der Waals surface area contributed by atoms with Crippen LogP contribution < -0.4 is 20.9 Å². The van der Waals surface area contributed by atoms with Gasteiger partial charge in [0.25, 0.3) is 5.56 Å². The van der Waals surface area contributed by atoms with Crippen LogP contribution in [0.4, 0.5) is 4.39 Å². The molecule has 2 aliphatic rings. The van der Waals surface area contributed by atoms with Gasteiger partial charge in [-0.3, -0.25) is 23.7 Å². The Labute approximate surface area is 224 Å². The van der Waals surface area contributed by atoms with Crippen molar-refractivity contribution in [2.75, 3.05) is 6.61 Å². The summed E-state index contributed by atoms with van der Waals surface area (Å²) in [6, 6.07) is 7.99. The topological polar surface area (TPSA) is 158 Å². The lowest BCUT2D eigenvalue weighted by Crippen LogP contribution is -2.44. The summed E-state index contributed by atoms with van der Waals surface area (Å²) in [6.07, 6.45) is 0.537. The van der Waals surface area contributed by atoms with Gasteiger partial charge in [-0.05, 0) is 51.7 Å². The van der Waals surface area contributed by atoms with E-state index in [0.717, 1.165) is 55.9 Å². The number of hydrogen-bond donors (Lipinski definition) is 3. The Morgan fingerprint density at radius 1 is 1.26 bits per heavy atom. The number of ether oxygens (including phenoxy) is 2. The maximum atomic E-state index is 15.5. The molecule has 1 aromatic heterocycles. The molecule has 1 saturated heterocycles. The highest BCUT2D eigenvalue weighted by Crippen LogP contribution is 2.47. The van der Waals surface area contributed by atoms with Crippen molar-refractivity contribution in [2.24, 2.45) is 0 Å². The molecule has 0 bridgehead atoms. The highest BCUT2D eigenvalue weighted by molar-refractivity contribution is 7.52. The van der Waals surface area contributed by atoms with E-state index in [1.54, 1.807) is 18.2 Å². The van der Waals surface area contributed by atoms with E-state index < -0.39 is 61.7 Å². The molecule has 1 saturated carbocycles. The molecule has 14 heteroatoms. The van der Waals surface area contributed by atoms with E-state index in [9.17, 15) is 24.1 Å². The first-order valence-electron chi connectivity index (χ1n) is 12.8. The van der Waals surface area contributed by atoms with Crippen LogP contribution in [0.3, 0.4) is 0 Å². The number of H-pyrrole nitrogens is 1. The number of aromatic nitrogens is 2. The number of aliphatic hydroxyl groups is 1. The van der Waals surface area contributed by atoms with Gasteiger partial charge in [0.05, 0.1) is 6.61 Å². The fourth-order valence-corrected chi connectivity index (χ4v) is 6.09. The van der Waals surface area contributed by atoms with Gasteiger partial charge in [0.2, 0.25) is 0 Å². The van der Waals surface area contributed by atoms with Crippen LogP contribution in [0.15, 0.2) is 52.2 Å². The van der Waals surface area contributed by atoms with Gasteiger partial charge in [-0.2, -0.15) is 5.09 Å². The van der Waals surface area contributed by atoms with E-state index in [1.807, 2.05) is 4.98 Å². The number of nitrogens with one attached hydrogen (secondary N) is 2. The fraction of sp³-hybridized carbons (Fsp3) is 0.560. The van der Waals surface area contributed by atoms with Gasteiger partial charge in [0.15, 0.2) is 11.9 Å². The standard InChI is InChI=1S/C25H33FN3O9P/c1-16(22(32)36-17-9-5-3-6-10-17)28-39(34,38-18-11-7-4-8-12-18)35-15-19-21(31)25(2,26)23(37-19)29-14-13-20(30)27-24(29)33/h4,7-8,11-14,16-17,19,21,23,31H,3,5-6,9-10,15H2,1-2H3,(H,28,34)(H,27,30,33)/t16-,19?,21+,23+,25+,39?/m0/s1. The second-order valence-corrected chi connectivity index (χ2v) is 11.6. The quantitative estimate of drug-likeness (QED) is 0.287. The van der Waals surface area contributed by atoms with Crippen molar-refractivity contribution in [3.8, 4) is 5.75 Å². The minimum atomic E-state index is -4.31. The van der Waals surface area contributed by atoms with E-state index in [4.69, 9.17) is 18.5 Å². The SMILES string of the molecule is C[C@H](NP(=O)(OCC1O[C@@H](n2ccc(=O)[nH]c2=O)[C@](C)(F)[C@@H]1O)Oc1ccccc1)C(=O)OC1CCCCC1. The van der Waals surface area contributed by atoms with Gasteiger partial charge in [0, 0.05) is 12.3 Å². The number of halogens is 1. The van der Waals surface area contributed by atoms with Crippen LogP contribution in [0.25, 0.3) is 0 Å². The molecule has 2 fully saturated rings. The van der Waals surface area contributed by atoms with Gasteiger partial charge in [0.1, 0.15) is 30.1 Å². The average molecular weight is 570 g/mol. The number of carbonyl (C=O) groups excluding carboxylic acids is 1. The molecule has 3 N–H and O–H groups in total. The minimum absolute atomic E-state index is 0.169. The number of aromatic amines is 1. The van der Waals surface area contributed by atoms with Crippen molar-refractivity contribution in [3.63, 3.8) is 0 Å². The molecule has 1 aliphatic heterocycles. The lowest BCUT2D eigenvalue weighted by atomic mass is 9.98. The molecule has 0 amide bonds. The predicted molar refractivity (Wildman–Crippen MR) is 137 cm³/mol. The first-order valence-corrected chi connectivity index (χ1v) is 14.3. The van der Waals surface area contributed by atoms with Crippen LogP contribution in [0.1, 0.15) is 52.2 Å². The summed E-state index contributed by atoms with van der Waals surface area (Å²) in [5.74, 6) is -0.463. The van der Waals surface area contributed by atoms with Gasteiger partial charge < -0.3 is 19.1 Å². The molecule has 4 rings (SSSR count). The Morgan fingerprint density at radius 3 is 2.62 bits per heavy atom. The summed E-state index contributed by atoms with van der Waals surface area (Å²) in [5, 5.41) is 13.2. The Morgan fingerprint density at radius 2 is 1.95 bits per heavy atom. The number of hydrogen-bond acceptors (Lipinski definition) is 9. The summed E-state index contributed by atoms with van der Waals surface area (Å²) in [6.45, 7) is 1.85. The Balaban J connectivity index is 1.48. The van der Waals surface area contributed by atoms with Gasteiger partial charge in [-0.1, -0.05) is 24.6 Å². The van der Waals surface area contributed by atoms with Crippen LogP contribution in [0.5, 0.6) is 5.75 Å². The van der Waals surface area contributed by atoms with E-state index in [2.05, 4.69) is 5.09 Å². The highest BCUT2D eigenvalue weighted by Gasteiger charge is 2.56. The zero-order valence-electron chi connectivity index (χ0n) is 21.7. The van der Waals surface area contributed by atoms with Crippen molar-refractivity contribution in [1.29, 1.82) is 0 Å². The smallest absolute Gasteiger partial charge is 0.459 e. The summed E-state index contributed by atoms with van der Waals surface area (Å²) >= 11 is 0. The van der Waals surface area contributed by atoms with Gasteiger partial charge >= 0.3 is 19.4 Å². The Bertz CT molecular complexity index is 1300. The maximum absolute atomic E-state index is 15.5. The van der Waals surface area contributed by atoms with Gasteiger partial charge in [-0.25, -0.2) is 13.8 Å². The molecule has 1 aromatic carbocycles. The van der Waals surface area contributed by atoms with Crippen LogP contribution in [0.2, 0.25) is 0 Å². The number of esters is 1. The predicted octanol–water partition coefficient (Wildman–Crippen LogP) is 2.58. The van der Waals surface area contributed by atoms with Crippen LogP contribution in [-0.4, -0.2) is 57.3 Å². The van der Waals surface area contributed by atoms with Crippen molar-refractivity contribution in [2.45, 2.75) is 82.2 Å². The fourth-order valence-electron chi connectivity index (χ4n) is 4.58. The third-order valence-corrected chi connectivity index (χ3v) is 8.38. The van der Waals surface area contributed by atoms with E-state index in [1.165, 1.54) is 19.1 Å². The number of benzene rings is 1.